The predicted molar refractivity (Wildman–Crippen MR) is 54.2 cm³/mol. The topological polar surface area (TPSA) is 78.3 Å². The average molecular weight is 190 g/mol. The van der Waals surface area contributed by atoms with E-state index in [2.05, 4.69) is 16.6 Å². The number of nitrogens with two attached hydrogens (primary N) is 2. The first kappa shape index (κ1) is 9.93. The third kappa shape index (κ3) is 2.42. The fraction of sp³-hybridized carbons (Fsp3) is 0.100. The van der Waals surface area contributed by atoms with E-state index < -0.39 is 5.97 Å². The summed E-state index contributed by atoms with van der Waals surface area (Å²) in [6.07, 6.45) is 0. The summed E-state index contributed by atoms with van der Waals surface area (Å²) in [5.41, 5.74) is 12.6. The van der Waals surface area contributed by atoms with Crippen LogP contribution in [0.5, 0.6) is 0 Å². The number of carbonyl (C=O) groups is 1. The van der Waals surface area contributed by atoms with E-state index in [1.54, 1.807) is 18.2 Å². The Balaban J connectivity index is 2.91. The highest BCUT2D eigenvalue weighted by molar-refractivity contribution is 5.89. The summed E-state index contributed by atoms with van der Waals surface area (Å²) in [6, 6.07) is 4.92. The molecular formula is C10H10N2O2. The van der Waals surface area contributed by atoms with Crippen LogP contribution < -0.4 is 11.5 Å². The van der Waals surface area contributed by atoms with E-state index >= 15 is 0 Å². The molecule has 0 radical (unpaired) electrons. The average Bonchev–Trinajstić information content (AvgIpc) is 2.19. The van der Waals surface area contributed by atoms with Gasteiger partial charge in [0.2, 0.25) is 0 Å². The number of anilines is 2. The van der Waals surface area contributed by atoms with Gasteiger partial charge in [-0.1, -0.05) is 5.92 Å². The van der Waals surface area contributed by atoms with Gasteiger partial charge >= 0.3 is 5.97 Å². The van der Waals surface area contributed by atoms with Crippen molar-refractivity contribution in [3.63, 3.8) is 0 Å². The van der Waals surface area contributed by atoms with Gasteiger partial charge in [-0.25, -0.2) is 4.79 Å². The predicted octanol–water partition coefficient (Wildman–Crippen LogP) is 0.376. The maximum Gasteiger partial charge on any atom is 0.384 e. The number of ether oxygens (including phenoxy) is 1. The van der Waals surface area contributed by atoms with Gasteiger partial charge in [0.1, 0.15) is 0 Å². The Morgan fingerprint density at radius 2 is 2.07 bits per heavy atom. The van der Waals surface area contributed by atoms with Crippen molar-refractivity contribution in [2.75, 3.05) is 18.6 Å². The monoisotopic (exact) mass is 190 g/mol. The molecule has 0 atom stereocenters. The van der Waals surface area contributed by atoms with Crippen molar-refractivity contribution >= 4 is 17.3 Å². The van der Waals surface area contributed by atoms with Crippen LogP contribution in [-0.4, -0.2) is 13.1 Å². The van der Waals surface area contributed by atoms with Gasteiger partial charge < -0.3 is 16.2 Å². The Morgan fingerprint density at radius 1 is 1.36 bits per heavy atom. The van der Waals surface area contributed by atoms with E-state index in [-0.39, 0.29) is 0 Å². The summed E-state index contributed by atoms with van der Waals surface area (Å²) < 4.78 is 4.36. The Morgan fingerprint density at radius 3 is 2.64 bits per heavy atom. The SMILES string of the molecule is COC(=O)C#Cc1ccc(N)c(N)c1. The highest BCUT2D eigenvalue weighted by Crippen LogP contribution is 2.14. The van der Waals surface area contributed by atoms with Crippen molar-refractivity contribution in [2.45, 2.75) is 0 Å². The molecule has 4 heteroatoms. The van der Waals surface area contributed by atoms with E-state index in [1.807, 2.05) is 0 Å². The summed E-state index contributed by atoms with van der Waals surface area (Å²) in [5, 5.41) is 0. The van der Waals surface area contributed by atoms with Gasteiger partial charge in [0.15, 0.2) is 0 Å². The molecule has 0 bridgehead atoms. The molecule has 14 heavy (non-hydrogen) atoms. The normalized spacial score (nSPS) is 8.64. The molecule has 0 fully saturated rings. The first-order valence-corrected chi connectivity index (χ1v) is 3.88. The van der Waals surface area contributed by atoms with Crippen molar-refractivity contribution in [1.29, 1.82) is 0 Å². The number of hydrogen-bond acceptors (Lipinski definition) is 4. The Kier molecular flexibility index (Phi) is 2.97. The van der Waals surface area contributed by atoms with Crippen LogP contribution in [0.4, 0.5) is 11.4 Å². The van der Waals surface area contributed by atoms with E-state index in [0.717, 1.165) is 0 Å². The summed E-state index contributed by atoms with van der Waals surface area (Å²) >= 11 is 0. The summed E-state index contributed by atoms with van der Waals surface area (Å²) in [4.78, 5) is 10.7. The lowest BCUT2D eigenvalue weighted by atomic mass is 10.2. The van der Waals surface area contributed by atoms with Crippen LogP contribution in [0.15, 0.2) is 18.2 Å². The van der Waals surface area contributed by atoms with Crippen LogP contribution in [0.1, 0.15) is 5.56 Å². The molecule has 0 aliphatic carbocycles. The fourth-order valence-electron chi connectivity index (χ4n) is 0.827. The van der Waals surface area contributed by atoms with Gasteiger partial charge in [-0.2, -0.15) is 0 Å². The second kappa shape index (κ2) is 4.19. The second-order valence-corrected chi connectivity index (χ2v) is 2.59. The van der Waals surface area contributed by atoms with Gasteiger partial charge in [-0.3, -0.25) is 0 Å². The van der Waals surface area contributed by atoms with Crippen molar-refractivity contribution in [2.24, 2.45) is 0 Å². The highest BCUT2D eigenvalue weighted by Gasteiger charge is 1.95. The number of methoxy groups -OCH3 is 1. The Labute approximate surface area is 81.8 Å². The lowest BCUT2D eigenvalue weighted by molar-refractivity contribution is -0.133. The second-order valence-electron chi connectivity index (χ2n) is 2.59. The Hall–Kier alpha value is -2.15. The zero-order valence-electron chi connectivity index (χ0n) is 7.70. The van der Waals surface area contributed by atoms with E-state index in [0.29, 0.717) is 16.9 Å². The van der Waals surface area contributed by atoms with E-state index in [9.17, 15) is 4.79 Å². The van der Waals surface area contributed by atoms with Crippen molar-refractivity contribution in [3.8, 4) is 11.8 Å². The molecule has 0 aliphatic heterocycles. The molecule has 0 amide bonds. The smallest absolute Gasteiger partial charge is 0.384 e. The Bertz CT molecular complexity index is 416. The standard InChI is InChI=1S/C10H10N2O2/c1-14-10(13)5-3-7-2-4-8(11)9(12)6-7/h2,4,6H,11-12H2,1H3. The van der Waals surface area contributed by atoms with Crippen molar-refractivity contribution in [3.05, 3.63) is 23.8 Å². The molecule has 0 saturated carbocycles. The number of nitrogen functional groups attached to an aromatic ring is 2. The van der Waals surface area contributed by atoms with Crippen molar-refractivity contribution < 1.29 is 9.53 Å². The molecule has 0 unspecified atom stereocenters. The molecule has 0 saturated heterocycles. The lowest BCUT2D eigenvalue weighted by Crippen LogP contribution is -1.96. The minimum absolute atomic E-state index is 0.446. The first-order chi connectivity index (χ1) is 6.63. The molecule has 4 N–H and O–H groups in total. The molecule has 1 rings (SSSR count). The maximum atomic E-state index is 10.7. The number of hydrogen-bond donors (Lipinski definition) is 2. The molecule has 72 valence electrons. The van der Waals surface area contributed by atoms with Crippen LogP contribution in [0.3, 0.4) is 0 Å². The van der Waals surface area contributed by atoms with E-state index in [1.165, 1.54) is 7.11 Å². The molecular weight excluding hydrogens is 180 g/mol. The van der Waals surface area contributed by atoms with E-state index in [4.69, 9.17) is 11.5 Å². The zero-order valence-corrected chi connectivity index (χ0v) is 7.70. The minimum Gasteiger partial charge on any atom is -0.459 e. The summed E-state index contributed by atoms with van der Waals surface area (Å²) in [6.45, 7) is 0. The number of rotatable bonds is 0. The molecule has 0 heterocycles. The van der Waals surface area contributed by atoms with Gasteiger partial charge in [-0.05, 0) is 18.2 Å². The molecule has 0 aromatic heterocycles. The fourth-order valence-corrected chi connectivity index (χ4v) is 0.827. The summed E-state index contributed by atoms with van der Waals surface area (Å²) in [5.74, 6) is 4.31. The molecule has 0 aliphatic rings. The number of esters is 1. The van der Waals surface area contributed by atoms with Crippen LogP contribution in [0.25, 0.3) is 0 Å². The summed E-state index contributed by atoms with van der Waals surface area (Å²) in [7, 11) is 1.27. The third-order valence-electron chi connectivity index (χ3n) is 1.58. The van der Waals surface area contributed by atoms with Gasteiger partial charge in [0.25, 0.3) is 0 Å². The number of carbonyl (C=O) groups excluding carboxylic acids is 1. The van der Waals surface area contributed by atoms with Crippen LogP contribution >= 0.6 is 0 Å². The molecule has 1 aromatic rings. The van der Waals surface area contributed by atoms with Crippen LogP contribution in [0, 0.1) is 11.8 Å². The van der Waals surface area contributed by atoms with Crippen LogP contribution in [0.2, 0.25) is 0 Å². The van der Waals surface area contributed by atoms with Gasteiger partial charge in [-0.15, -0.1) is 0 Å². The molecule has 4 nitrogen and oxygen atoms in total. The lowest BCUT2D eigenvalue weighted by Gasteiger charge is -1.98. The quantitative estimate of drug-likeness (QED) is 0.352. The highest BCUT2D eigenvalue weighted by atomic mass is 16.5. The molecule has 0 spiro atoms. The largest absolute Gasteiger partial charge is 0.459 e. The third-order valence-corrected chi connectivity index (χ3v) is 1.58. The first-order valence-electron chi connectivity index (χ1n) is 3.88. The van der Waals surface area contributed by atoms with Crippen LogP contribution in [-0.2, 0) is 9.53 Å². The van der Waals surface area contributed by atoms with Gasteiger partial charge in [0, 0.05) is 11.5 Å². The van der Waals surface area contributed by atoms with Crippen molar-refractivity contribution in [1.82, 2.24) is 0 Å². The van der Waals surface area contributed by atoms with Gasteiger partial charge in [0.05, 0.1) is 18.5 Å². The molecule has 1 aromatic carbocycles. The minimum atomic E-state index is -0.583. The maximum absolute atomic E-state index is 10.7. The zero-order chi connectivity index (χ0) is 10.6. The number of benzene rings is 1.